The number of rotatable bonds is 9. The van der Waals surface area contributed by atoms with Crippen LogP contribution in [0.3, 0.4) is 0 Å². The van der Waals surface area contributed by atoms with Gasteiger partial charge in [0.1, 0.15) is 28.7 Å². The number of likely N-dealkylation sites (N-methyl/N-ethyl adjacent to an activating group) is 1. The van der Waals surface area contributed by atoms with Crippen molar-refractivity contribution >= 4 is 33.0 Å². The number of sulfonamides is 1. The van der Waals surface area contributed by atoms with E-state index in [4.69, 9.17) is 21.1 Å². The number of fused-ring (bicyclic) bond motifs is 1. The summed E-state index contributed by atoms with van der Waals surface area (Å²) in [5, 5.41) is -0.274. The van der Waals surface area contributed by atoms with Crippen molar-refractivity contribution in [3.63, 3.8) is 0 Å². The molecule has 1 aliphatic heterocycles. The normalized spacial score (nSPS) is 14.7. The van der Waals surface area contributed by atoms with Gasteiger partial charge >= 0.3 is 0 Å². The third-order valence-corrected chi connectivity index (χ3v) is 8.59. The molecule has 14 heteroatoms. The molecule has 0 aliphatic carbocycles. The summed E-state index contributed by atoms with van der Waals surface area (Å²) in [7, 11) is -0.779. The lowest BCUT2D eigenvalue weighted by Gasteiger charge is -2.32. The van der Waals surface area contributed by atoms with E-state index >= 15 is 0 Å². The second-order valence-electron chi connectivity index (χ2n) is 9.53. The van der Waals surface area contributed by atoms with E-state index in [0.717, 1.165) is 44.4 Å². The van der Waals surface area contributed by atoms with E-state index in [1.807, 2.05) is 0 Å². The highest BCUT2D eigenvalue weighted by Gasteiger charge is 2.22. The van der Waals surface area contributed by atoms with Crippen molar-refractivity contribution in [1.82, 2.24) is 24.2 Å². The Kier molecular flexibility index (Phi) is 8.40. The largest absolute Gasteiger partial charge is 0.485 e. The van der Waals surface area contributed by atoms with Crippen LogP contribution in [0.4, 0.5) is 10.1 Å². The fraction of sp³-hybridized carbons (Fsp3) is 0.296. The monoisotopic (exact) mass is 602 g/mol. The van der Waals surface area contributed by atoms with E-state index in [-0.39, 0.29) is 32.8 Å². The first-order valence-corrected chi connectivity index (χ1v) is 14.6. The average Bonchev–Trinajstić information content (AvgIpc) is 2.95. The van der Waals surface area contributed by atoms with Gasteiger partial charge in [0.25, 0.3) is 15.6 Å². The highest BCUT2D eigenvalue weighted by molar-refractivity contribution is 7.92. The maximum atomic E-state index is 13.5. The van der Waals surface area contributed by atoms with E-state index < -0.39 is 15.8 Å². The number of hydrogen-bond donors (Lipinski definition) is 1. The molecule has 1 aromatic carbocycles. The van der Waals surface area contributed by atoms with Crippen LogP contribution in [0.1, 0.15) is 0 Å². The average molecular weight is 603 g/mol. The van der Waals surface area contributed by atoms with E-state index in [2.05, 4.69) is 31.5 Å². The minimum Gasteiger partial charge on any atom is -0.485 e. The molecule has 4 aromatic rings. The van der Waals surface area contributed by atoms with Gasteiger partial charge in [0.2, 0.25) is 11.6 Å². The van der Waals surface area contributed by atoms with Crippen molar-refractivity contribution in [1.29, 1.82) is 0 Å². The first kappa shape index (κ1) is 28.7. The zero-order valence-electron chi connectivity index (χ0n) is 22.4. The molecule has 0 atom stereocenters. The smallest absolute Gasteiger partial charge is 0.300 e. The first-order valence-electron chi connectivity index (χ1n) is 12.7. The lowest BCUT2D eigenvalue weighted by molar-refractivity contribution is 0.133. The number of ether oxygens (including phenoxy) is 2. The highest BCUT2D eigenvalue weighted by Crippen LogP contribution is 2.31. The Morgan fingerprint density at radius 3 is 2.56 bits per heavy atom. The third-order valence-electron chi connectivity index (χ3n) is 6.74. The molecular formula is C27H28ClFN6O5S. The molecule has 0 amide bonds. The van der Waals surface area contributed by atoms with Crippen molar-refractivity contribution in [3.05, 3.63) is 76.2 Å². The quantitative estimate of drug-likeness (QED) is 0.308. The van der Waals surface area contributed by atoms with E-state index in [1.165, 1.54) is 30.0 Å². The molecule has 216 valence electrons. The maximum Gasteiger partial charge on any atom is 0.300 e. The van der Waals surface area contributed by atoms with Gasteiger partial charge in [-0.15, -0.1) is 0 Å². The van der Waals surface area contributed by atoms with Crippen LogP contribution in [0.15, 0.2) is 64.7 Å². The summed E-state index contributed by atoms with van der Waals surface area (Å²) in [5.41, 5.74) is 1.12. The number of anilines is 1. The van der Waals surface area contributed by atoms with Crippen LogP contribution in [0, 0.1) is 5.82 Å². The van der Waals surface area contributed by atoms with Gasteiger partial charge in [0.15, 0.2) is 0 Å². The molecular weight excluding hydrogens is 575 g/mol. The van der Waals surface area contributed by atoms with Crippen LogP contribution >= 0.6 is 11.6 Å². The summed E-state index contributed by atoms with van der Waals surface area (Å²) in [6.45, 7) is 4.94. The summed E-state index contributed by atoms with van der Waals surface area (Å²) in [6, 6.07) is 7.88. The minimum absolute atomic E-state index is 0.00576. The van der Waals surface area contributed by atoms with Crippen LogP contribution < -0.4 is 19.8 Å². The summed E-state index contributed by atoms with van der Waals surface area (Å²) in [5.74, 6) is -0.530. The van der Waals surface area contributed by atoms with Gasteiger partial charge in [0.05, 0.1) is 18.3 Å². The van der Waals surface area contributed by atoms with Crippen molar-refractivity contribution < 1.29 is 22.3 Å². The lowest BCUT2D eigenvalue weighted by atomic mass is 10.1. The molecule has 1 aliphatic rings. The van der Waals surface area contributed by atoms with Crippen molar-refractivity contribution in [2.24, 2.45) is 0 Å². The Bertz CT molecular complexity index is 1740. The summed E-state index contributed by atoms with van der Waals surface area (Å²) in [4.78, 5) is 26.0. The Morgan fingerprint density at radius 1 is 1.05 bits per heavy atom. The minimum atomic E-state index is -4.22. The molecule has 1 saturated heterocycles. The zero-order valence-corrected chi connectivity index (χ0v) is 24.0. The molecule has 41 heavy (non-hydrogen) atoms. The summed E-state index contributed by atoms with van der Waals surface area (Å²) in [6.07, 6.45) is 4.48. The fourth-order valence-electron chi connectivity index (χ4n) is 4.42. The predicted octanol–water partition coefficient (Wildman–Crippen LogP) is 2.98. The number of halogens is 2. The van der Waals surface area contributed by atoms with E-state index in [9.17, 15) is 17.6 Å². The number of benzene rings is 1. The number of nitrogens with zero attached hydrogens (tertiary/aromatic N) is 5. The zero-order chi connectivity index (χ0) is 29.1. The Balaban J connectivity index is 1.40. The summed E-state index contributed by atoms with van der Waals surface area (Å²) < 4.78 is 54.3. The molecule has 3 aromatic heterocycles. The molecule has 5 rings (SSSR count). The number of hydrogen-bond acceptors (Lipinski definition) is 9. The van der Waals surface area contributed by atoms with Gasteiger partial charge in [0, 0.05) is 56.2 Å². The van der Waals surface area contributed by atoms with Crippen molar-refractivity contribution in [3.8, 4) is 22.8 Å². The topological polar surface area (TPSA) is 118 Å². The van der Waals surface area contributed by atoms with Gasteiger partial charge in [-0.25, -0.2) is 22.8 Å². The van der Waals surface area contributed by atoms with Crippen LogP contribution in [0.5, 0.6) is 11.6 Å². The fourth-order valence-corrected chi connectivity index (χ4v) is 6.00. The second-order valence-corrected chi connectivity index (χ2v) is 11.6. The standard InChI is InChI=1S/C27H28ClFN6O5S/c1-33-7-9-34(10-8-33)11-12-40-23-16-30-25-6-3-18(17-35(25)27(23)36)19-13-22(26(39-2)31-15-19)32-41(37,38)24-5-4-20(29)14-21(24)28/h3-6,13-17,32H,7-12H2,1-2H3. The molecule has 1 N–H and O–H groups in total. The van der Waals surface area contributed by atoms with Gasteiger partial charge in [-0.3, -0.25) is 18.8 Å². The van der Waals surface area contributed by atoms with E-state index in [0.29, 0.717) is 29.9 Å². The maximum absolute atomic E-state index is 13.5. The van der Waals surface area contributed by atoms with Crippen molar-refractivity contribution in [2.75, 3.05) is 58.2 Å². The number of nitrogens with one attached hydrogen (secondary N) is 1. The van der Waals surface area contributed by atoms with E-state index in [1.54, 1.807) is 18.3 Å². The first-order chi connectivity index (χ1) is 19.6. The highest BCUT2D eigenvalue weighted by atomic mass is 35.5. The Morgan fingerprint density at radius 2 is 1.83 bits per heavy atom. The molecule has 0 unspecified atom stereocenters. The van der Waals surface area contributed by atoms with Crippen LogP contribution in [0.2, 0.25) is 5.02 Å². The molecule has 0 saturated carbocycles. The Labute approximate surface area is 241 Å². The van der Waals surface area contributed by atoms with Gasteiger partial charge in [-0.1, -0.05) is 11.6 Å². The molecule has 1 fully saturated rings. The Hall–Kier alpha value is -3.78. The van der Waals surface area contributed by atoms with Crippen LogP contribution in [-0.4, -0.2) is 86.1 Å². The molecule has 11 nitrogen and oxygen atoms in total. The molecule has 0 radical (unpaired) electrons. The number of methoxy groups -OCH3 is 1. The van der Waals surface area contributed by atoms with Crippen molar-refractivity contribution in [2.45, 2.75) is 4.90 Å². The SMILES string of the molecule is COc1ncc(-c2ccc3ncc(OCCN4CCN(C)CC4)c(=O)n3c2)cc1NS(=O)(=O)c1ccc(F)cc1Cl. The summed E-state index contributed by atoms with van der Waals surface area (Å²) >= 11 is 5.98. The molecule has 4 heterocycles. The lowest BCUT2D eigenvalue weighted by Crippen LogP contribution is -2.45. The van der Waals surface area contributed by atoms with Gasteiger partial charge in [-0.05, 0) is 43.4 Å². The molecule has 0 bridgehead atoms. The van der Waals surface area contributed by atoms with Crippen LogP contribution in [0.25, 0.3) is 16.8 Å². The third kappa shape index (κ3) is 6.43. The van der Waals surface area contributed by atoms with Gasteiger partial charge < -0.3 is 14.4 Å². The predicted molar refractivity (Wildman–Crippen MR) is 153 cm³/mol. The molecule has 0 spiro atoms. The number of aromatic nitrogens is 3. The number of pyridine rings is 2. The van der Waals surface area contributed by atoms with Crippen LogP contribution in [-0.2, 0) is 10.0 Å². The number of piperazine rings is 1. The second kappa shape index (κ2) is 12.0. The van der Waals surface area contributed by atoms with Gasteiger partial charge in [-0.2, -0.15) is 0 Å².